The summed E-state index contributed by atoms with van der Waals surface area (Å²) in [4.78, 5) is 2.52. The molecule has 0 radical (unpaired) electrons. The monoisotopic (exact) mass is 173 g/mol. The minimum Gasteiger partial charge on any atom is -0.304 e. The van der Waals surface area contributed by atoms with E-state index in [1.54, 1.807) is 0 Å². The molecule has 0 unspecified atom stereocenters. The van der Waals surface area contributed by atoms with Crippen molar-refractivity contribution >= 4 is 15.2 Å². The molecule has 0 bridgehead atoms. The molecule has 0 saturated carbocycles. The van der Waals surface area contributed by atoms with Crippen LogP contribution in [0.2, 0.25) is 11.6 Å². The van der Waals surface area contributed by atoms with Crippen molar-refractivity contribution in [1.29, 1.82) is 0 Å². The summed E-state index contributed by atoms with van der Waals surface area (Å²) < 4.78 is 0. The number of likely N-dealkylation sites (tertiary alicyclic amines) is 1. The molecule has 1 aliphatic heterocycles. The van der Waals surface area contributed by atoms with Crippen LogP contribution in [0.4, 0.5) is 0 Å². The summed E-state index contributed by atoms with van der Waals surface area (Å²) in [6.45, 7) is 6.18. The second-order valence-corrected chi connectivity index (χ2v) is 4.62. The third-order valence-electron chi connectivity index (χ3n) is 1.90. The van der Waals surface area contributed by atoms with Gasteiger partial charge in [0.15, 0.2) is 0 Å². The summed E-state index contributed by atoms with van der Waals surface area (Å²) in [6, 6.07) is 0. The van der Waals surface area contributed by atoms with Crippen LogP contribution >= 0.6 is 0 Å². The lowest BCUT2D eigenvalue weighted by molar-refractivity contribution is 0.240. The van der Waals surface area contributed by atoms with Gasteiger partial charge in [-0.2, -0.15) is 0 Å². The molecular formula is C9H24AlN. The van der Waals surface area contributed by atoms with Gasteiger partial charge in [-0.3, -0.25) is 0 Å². The molecule has 1 aliphatic rings. The van der Waals surface area contributed by atoms with E-state index in [0.717, 1.165) is 0 Å². The third-order valence-corrected chi connectivity index (χ3v) is 1.90. The van der Waals surface area contributed by atoms with Gasteiger partial charge < -0.3 is 4.90 Å². The fourth-order valence-corrected chi connectivity index (χ4v) is 1.28. The lowest BCUT2D eigenvalue weighted by Crippen LogP contribution is -2.29. The lowest BCUT2D eigenvalue weighted by atomic mass is 10.1. The first-order chi connectivity index (χ1) is 5.35. The quantitative estimate of drug-likeness (QED) is 0.550. The van der Waals surface area contributed by atoms with Gasteiger partial charge in [-0.05, 0) is 32.5 Å². The molecule has 1 heterocycles. The zero-order valence-corrected chi connectivity index (χ0v) is 9.81. The van der Waals surface area contributed by atoms with Crippen molar-refractivity contribution in [3.63, 3.8) is 0 Å². The van der Waals surface area contributed by atoms with Gasteiger partial charge >= 0.3 is 0 Å². The molecule has 0 N–H and O–H groups in total. The Bertz CT molecular complexity index is 74.9. The molecule has 0 aromatic carbocycles. The van der Waals surface area contributed by atoms with E-state index in [2.05, 4.69) is 23.4 Å². The number of piperidine rings is 1. The summed E-state index contributed by atoms with van der Waals surface area (Å²) in [5, 5.41) is 0. The fraction of sp³-hybridized carbons (Fsp3) is 1.00. The maximum absolute atomic E-state index is 2.52. The van der Waals surface area contributed by atoms with E-state index in [4.69, 9.17) is 0 Å². The van der Waals surface area contributed by atoms with Crippen LogP contribution in [0.3, 0.4) is 0 Å². The molecule has 1 fully saturated rings. The van der Waals surface area contributed by atoms with Crippen molar-refractivity contribution < 1.29 is 1.43 Å². The smallest absolute Gasteiger partial charge is 0.229 e. The molecule has 68 valence electrons. The molecular weight excluding hydrogens is 149 g/mol. The summed E-state index contributed by atoms with van der Waals surface area (Å²) >= 11 is 0.417. The summed E-state index contributed by atoms with van der Waals surface area (Å²) in [6.07, 6.45) is 4.30. The summed E-state index contributed by atoms with van der Waals surface area (Å²) in [5.41, 5.74) is 0. The van der Waals surface area contributed by atoms with Gasteiger partial charge in [0.2, 0.25) is 15.2 Å². The largest absolute Gasteiger partial charge is 0.304 e. The number of hydrogen-bond donors (Lipinski definition) is 0. The number of hydrogen-bond acceptors (Lipinski definition) is 1. The van der Waals surface area contributed by atoms with E-state index in [-0.39, 0.29) is 1.43 Å². The molecule has 0 spiro atoms. The standard InChI is InChI=1S/C7H15N.2CH3.Al.H2.H/c1-2-8-6-4-3-5-7-8;;;;;/h2-7H2,1H3;2*1H3;;1H;. The molecule has 11 heavy (non-hydrogen) atoms. The van der Waals surface area contributed by atoms with Gasteiger partial charge in [0.05, 0.1) is 0 Å². The second kappa shape index (κ2) is 8.59. The maximum Gasteiger partial charge on any atom is 0.229 e. The molecule has 0 aromatic heterocycles. The molecule has 1 nitrogen and oxygen atoms in total. The van der Waals surface area contributed by atoms with Gasteiger partial charge in [-0.15, -0.1) is 11.6 Å². The topological polar surface area (TPSA) is 3.24 Å². The van der Waals surface area contributed by atoms with E-state index >= 15 is 0 Å². The summed E-state index contributed by atoms with van der Waals surface area (Å²) in [7, 11) is 0. The fourth-order valence-electron chi connectivity index (χ4n) is 1.28. The Balaban J connectivity index is 0. The minimum atomic E-state index is 0. The van der Waals surface area contributed by atoms with E-state index in [0.29, 0.717) is 15.2 Å². The SMILES string of the molecule is CCN1CCCCC1.[CH3][AlH][CH3].[HH]. The molecule has 0 aliphatic carbocycles. The molecule has 0 amide bonds. The molecule has 1 saturated heterocycles. The molecule has 2 heteroatoms. The normalized spacial score (nSPS) is 18.5. The molecule has 0 aromatic rings. The highest BCUT2D eigenvalue weighted by molar-refractivity contribution is 6.31. The van der Waals surface area contributed by atoms with Crippen LogP contribution < -0.4 is 0 Å². The van der Waals surface area contributed by atoms with Gasteiger partial charge in [-0.25, -0.2) is 0 Å². The predicted molar refractivity (Wildman–Crippen MR) is 57.0 cm³/mol. The van der Waals surface area contributed by atoms with Crippen LogP contribution in [0.1, 0.15) is 27.6 Å². The van der Waals surface area contributed by atoms with Crippen molar-refractivity contribution in [1.82, 2.24) is 4.90 Å². The van der Waals surface area contributed by atoms with Gasteiger partial charge in [-0.1, -0.05) is 13.3 Å². The Hall–Kier alpha value is 0.492. The average molecular weight is 173 g/mol. The Morgan fingerprint density at radius 1 is 1.18 bits per heavy atom. The first kappa shape index (κ1) is 11.5. The van der Waals surface area contributed by atoms with Crippen molar-refractivity contribution in [2.75, 3.05) is 19.6 Å². The van der Waals surface area contributed by atoms with E-state index in [1.807, 2.05) is 0 Å². The average Bonchev–Trinajstić information content (AvgIpc) is 2.08. The second-order valence-electron chi connectivity index (χ2n) is 3.20. The Labute approximate surface area is 79.4 Å². The lowest BCUT2D eigenvalue weighted by Gasteiger charge is -2.24. The highest BCUT2D eigenvalue weighted by atomic mass is 27.1. The van der Waals surface area contributed by atoms with Crippen LogP contribution in [0, 0.1) is 0 Å². The predicted octanol–water partition coefficient (Wildman–Crippen LogP) is 2.26. The maximum atomic E-state index is 2.52. The Morgan fingerprint density at radius 3 is 1.91 bits per heavy atom. The van der Waals surface area contributed by atoms with Gasteiger partial charge in [0.1, 0.15) is 0 Å². The van der Waals surface area contributed by atoms with E-state index in [1.165, 1.54) is 38.9 Å². The van der Waals surface area contributed by atoms with Crippen molar-refractivity contribution in [2.45, 2.75) is 37.8 Å². The van der Waals surface area contributed by atoms with Crippen molar-refractivity contribution in [3.05, 3.63) is 0 Å². The third kappa shape index (κ3) is 6.87. The van der Waals surface area contributed by atoms with E-state index in [9.17, 15) is 0 Å². The number of nitrogens with zero attached hydrogens (tertiary/aromatic N) is 1. The van der Waals surface area contributed by atoms with Gasteiger partial charge in [0.25, 0.3) is 0 Å². The Kier molecular flexibility index (Phi) is 8.97. The van der Waals surface area contributed by atoms with Gasteiger partial charge in [0, 0.05) is 1.43 Å². The van der Waals surface area contributed by atoms with Crippen LogP contribution in [0.15, 0.2) is 0 Å². The summed E-state index contributed by atoms with van der Waals surface area (Å²) in [5.74, 6) is 4.53. The van der Waals surface area contributed by atoms with Crippen molar-refractivity contribution in [3.8, 4) is 0 Å². The highest BCUT2D eigenvalue weighted by Gasteiger charge is 2.05. The Morgan fingerprint density at radius 2 is 1.64 bits per heavy atom. The van der Waals surface area contributed by atoms with Crippen LogP contribution in [-0.4, -0.2) is 39.8 Å². The zero-order chi connectivity index (χ0) is 8.53. The van der Waals surface area contributed by atoms with Crippen LogP contribution in [0.5, 0.6) is 0 Å². The first-order valence-electron chi connectivity index (χ1n) is 5.07. The minimum absolute atomic E-state index is 0. The van der Waals surface area contributed by atoms with E-state index < -0.39 is 0 Å². The number of rotatable bonds is 1. The zero-order valence-electron chi connectivity index (χ0n) is 8.40. The van der Waals surface area contributed by atoms with Crippen molar-refractivity contribution in [2.24, 2.45) is 0 Å². The first-order valence-corrected chi connectivity index (χ1v) is 7.90. The van der Waals surface area contributed by atoms with Crippen LogP contribution in [-0.2, 0) is 0 Å². The van der Waals surface area contributed by atoms with Crippen LogP contribution in [0.25, 0.3) is 0 Å². The highest BCUT2D eigenvalue weighted by Crippen LogP contribution is 2.06. The molecule has 1 rings (SSSR count). The molecule has 0 atom stereocenters.